The summed E-state index contributed by atoms with van der Waals surface area (Å²) in [6, 6.07) is 8.38. The number of carbonyl (C=O) groups is 1. The van der Waals surface area contributed by atoms with Crippen LogP contribution in [0.3, 0.4) is 0 Å². The molecule has 0 radical (unpaired) electrons. The molecule has 6 nitrogen and oxygen atoms in total. The summed E-state index contributed by atoms with van der Waals surface area (Å²) in [6.45, 7) is 7.21. The number of ether oxygens (including phenoxy) is 2. The van der Waals surface area contributed by atoms with Crippen molar-refractivity contribution >= 4 is 5.91 Å². The number of piperidine rings is 1. The van der Waals surface area contributed by atoms with E-state index in [1.165, 1.54) is 11.1 Å². The lowest BCUT2D eigenvalue weighted by atomic mass is 9.78. The van der Waals surface area contributed by atoms with Crippen LogP contribution in [0, 0.1) is 5.41 Å². The van der Waals surface area contributed by atoms with Crippen LogP contribution in [0.25, 0.3) is 0 Å². The largest absolute Gasteiger partial charge is 0.384 e. The van der Waals surface area contributed by atoms with Crippen LogP contribution >= 0.6 is 0 Å². The third-order valence-corrected chi connectivity index (χ3v) is 5.52. The molecule has 2 aliphatic heterocycles. The van der Waals surface area contributed by atoms with E-state index in [0.29, 0.717) is 13.2 Å². The molecule has 0 aromatic heterocycles. The molecule has 0 bridgehead atoms. The SMILES string of the molecule is COCC1(C(=O)NCc2ccccc2CN2CCOCC2)CCNCC1. The van der Waals surface area contributed by atoms with E-state index in [4.69, 9.17) is 9.47 Å². The van der Waals surface area contributed by atoms with Crippen LogP contribution in [0.4, 0.5) is 0 Å². The third-order valence-electron chi connectivity index (χ3n) is 5.52. The van der Waals surface area contributed by atoms with Crippen LogP contribution in [-0.4, -0.2) is 63.9 Å². The summed E-state index contributed by atoms with van der Waals surface area (Å²) in [5.41, 5.74) is 2.06. The Morgan fingerprint density at radius 1 is 1.23 bits per heavy atom. The molecule has 2 saturated heterocycles. The third kappa shape index (κ3) is 4.82. The van der Waals surface area contributed by atoms with Gasteiger partial charge < -0.3 is 20.1 Å². The molecule has 1 aromatic rings. The summed E-state index contributed by atoms with van der Waals surface area (Å²) in [7, 11) is 1.68. The Hall–Kier alpha value is -1.47. The Morgan fingerprint density at radius 2 is 1.92 bits per heavy atom. The van der Waals surface area contributed by atoms with Crippen LogP contribution < -0.4 is 10.6 Å². The Kier molecular flexibility index (Phi) is 7.02. The number of nitrogens with one attached hydrogen (secondary N) is 2. The van der Waals surface area contributed by atoms with Gasteiger partial charge in [-0.2, -0.15) is 0 Å². The fraction of sp³-hybridized carbons (Fsp3) is 0.650. The molecule has 1 aromatic carbocycles. The standard InChI is InChI=1S/C20H31N3O3/c1-25-16-20(6-8-21-9-7-20)19(24)22-14-17-4-2-3-5-18(17)15-23-10-12-26-13-11-23/h2-5,21H,6-16H2,1H3,(H,22,24). The van der Waals surface area contributed by atoms with Crippen molar-refractivity contribution in [2.75, 3.05) is 53.1 Å². The van der Waals surface area contributed by atoms with E-state index in [1.54, 1.807) is 7.11 Å². The number of carbonyl (C=O) groups excluding carboxylic acids is 1. The van der Waals surface area contributed by atoms with Gasteiger partial charge in [0.05, 0.1) is 25.2 Å². The van der Waals surface area contributed by atoms with E-state index >= 15 is 0 Å². The van der Waals surface area contributed by atoms with Gasteiger partial charge >= 0.3 is 0 Å². The first-order chi connectivity index (χ1) is 12.7. The molecule has 6 heteroatoms. The summed E-state index contributed by atoms with van der Waals surface area (Å²) in [4.78, 5) is 15.3. The van der Waals surface area contributed by atoms with Crippen molar-refractivity contribution in [1.82, 2.24) is 15.5 Å². The minimum atomic E-state index is -0.404. The molecule has 2 heterocycles. The molecule has 0 atom stereocenters. The predicted octanol–water partition coefficient (Wildman–Crippen LogP) is 1.15. The van der Waals surface area contributed by atoms with Gasteiger partial charge in [0.15, 0.2) is 0 Å². The summed E-state index contributed by atoms with van der Waals surface area (Å²) in [6.07, 6.45) is 1.64. The molecular formula is C20H31N3O3. The highest BCUT2D eigenvalue weighted by molar-refractivity contribution is 5.83. The fourth-order valence-corrected chi connectivity index (χ4v) is 3.87. The molecule has 0 spiro atoms. The zero-order valence-electron chi connectivity index (χ0n) is 15.8. The van der Waals surface area contributed by atoms with E-state index in [1.807, 2.05) is 6.07 Å². The second-order valence-corrected chi connectivity index (χ2v) is 7.30. The summed E-state index contributed by atoms with van der Waals surface area (Å²) in [5.74, 6) is 0.113. The monoisotopic (exact) mass is 361 g/mol. The maximum absolute atomic E-state index is 12.9. The molecule has 2 fully saturated rings. The van der Waals surface area contributed by atoms with Gasteiger partial charge in [0.1, 0.15) is 0 Å². The number of methoxy groups -OCH3 is 1. The average molecular weight is 361 g/mol. The maximum atomic E-state index is 12.9. The van der Waals surface area contributed by atoms with E-state index in [0.717, 1.165) is 58.8 Å². The quantitative estimate of drug-likeness (QED) is 0.763. The fourth-order valence-electron chi connectivity index (χ4n) is 3.87. The van der Waals surface area contributed by atoms with Gasteiger partial charge in [-0.3, -0.25) is 9.69 Å². The molecule has 26 heavy (non-hydrogen) atoms. The van der Waals surface area contributed by atoms with Gasteiger partial charge in [-0.05, 0) is 37.1 Å². The molecule has 3 rings (SSSR count). The van der Waals surface area contributed by atoms with Crippen LogP contribution in [-0.2, 0) is 27.4 Å². The number of amides is 1. The molecular weight excluding hydrogens is 330 g/mol. The van der Waals surface area contributed by atoms with Crippen LogP contribution in [0.1, 0.15) is 24.0 Å². The first-order valence-electron chi connectivity index (χ1n) is 9.58. The normalized spacial score (nSPS) is 20.7. The van der Waals surface area contributed by atoms with Gasteiger partial charge in [-0.25, -0.2) is 0 Å². The first kappa shape index (κ1) is 19.3. The number of rotatable bonds is 7. The van der Waals surface area contributed by atoms with Crippen LogP contribution in [0.2, 0.25) is 0 Å². The Labute approximate surface area is 156 Å². The molecule has 2 aliphatic rings. The lowest BCUT2D eigenvalue weighted by Crippen LogP contribution is -2.50. The number of hydrogen-bond acceptors (Lipinski definition) is 5. The highest BCUT2D eigenvalue weighted by atomic mass is 16.5. The Bertz CT molecular complexity index is 576. The van der Waals surface area contributed by atoms with Gasteiger partial charge in [0.25, 0.3) is 0 Å². The zero-order valence-corrected chi connectivity index (χ0v) is 15.8. The van der Waals surface area contributed by atoms with Crippen molar-refractivity contribution in [3.8, 4) is 0 Å². The first-order valence-corrected chi connectivity index (χ1v) is 9.58. The van der Waals surface area contributed by atoms with Gasteiger partial charge in [-0.15, -0.1) is 0 Å². The second-order valence-electron chi connectivity index (χ2n) is 7.30. The van der Waals surface area contributed by atoms with Gasteiger partial charge in [0, 0.05) is 33.3 Å². The van der Waals surface area contributed by atoms with Crippen molar-refractivity contribution in [1.29, 1.82) is 0 Å². The molecule has 144 valence electrons. The molecule has 0 saturated carbocycles. The van der Waals surface area contributed by atoms with Crippen molar-refractivity contribution in [2.24, 2.45) is 5.41 Å². The lowest BCUT2D eigenvalue weighted by Gasteiger charge is -2.35. The predicted molar refractivity (Wildman–Crippen MR) is 101 cm³/mol. The minimum Gasteiger partial charge on any atom is -0.384 e. The average Bonchev–Trinajstić information content (AvgIpc) is 2.69. The van der Waals surface area contributed by atoms with E-state index in [-0.39, 0.29) is 5.91 Å². The minimum absolute atomic E-state index is 0.113. The van der Waals surface area contributed by atoms with Crippen LogP contribution in [0.15, 0.2) is 24.3 Å². The molecule has 2 N–H and O–H groups in total. The maximum Gasteiger partial charge on any atom is 0.228 e. The lowest BCUT2D eigenvalue weighted by molar-refractivity contribution is -0.136. The van der Waals surface area contributed by atoms with Gasteiger partial charge in [0.2, 0.25) is 5.91 Å². The summed E-state index contributed by atoms with van der Waals surface area (Å²) in [5, 5.41) is 6.51. The summed E-state index contributed by atoms with van der Waals surface area (Å²) >= 11 is 0. The van der Waals surface area contributed by atoms with E-state index in [9.17, 15) is 4.79 Å². The topological polar surface area (TPSA) is 62.8 Å². The molecule has 1 amide bonds. The van der Waals surface area contributed by atoms with Crippen molar-refractivity contribution in [3.63, 3.8) is 0 Å². The highest BCUT2D eigenvalue weighted by Crippen LogP contribution is 2.29. The van der Waals surface area contributed by atoms with Gasteiger partial charge in [-0.1, -0.05) is 24.3 Å². The molecule has 0 aliphatic carbocycles. The number of benzene rings is 1. The smallest absolute Gasteiger partial charge is 0.228 e. The zero-order chi connectivity index (χ0) is 18.2. The highest BCUT2D eigenvalue weighted by Gasteiger charge is 2.39. The number of hydrogen-bond donors (Lipinski definition) is 2. The van der Waals surface area contributed by atoms with Crippen molar-refractivity contribution < 1.29 is 14.3 Å². The second kappa shape index (κ2) is 9.46. The van der Waals surface area contributed by atoms with E-state index < -0.39 is 5.41 Å². The molecule has 0 unspecified atom stereocenters. The van der Waals surface area contributed by atoms with Crippen LogP contribution in [0.5, 0.6) is 0 Å². The summed E-state index contributed by atoms with van der Waals surface area (Å²) < 4.78 is 10.8. The number of morpholine rings is 1. The number of nitrogens with zero attached hydrogens (tertiary/aromatic N) is 1. The Morgan fingerprint density at radius 3 is 2.62 bits per heavy atom. The van der Waals surface area contributed by atoms with Crippen molar-refractivity contribution in [3.05, 3.63) is 35.4 Å². The van der Waals surface area contributed by atoms with Crippen molar-refractivity contribution in [2.45, 2.75) is 25.9 Å². The Balaban J connectivity index is 1.62. The van der Waals surface area contributed by atoms with E-state index in [2.05, 4.69) is 33.7 Å².